The van der Waals surface area contributed by atoms with Crippen molar-refractivity contribution in [1.82, 2.24) is 0 Å². The van der Waals surface area contributed by atoms with Crippen molar-refractivity contribution in [3.63, 3.8) is 0 Å². The van der Waals surface area contributed by atoms with E-state index in [1.165, 1.54) is 180 Å². The fraction of sp³-hybridized carbons (Fsp3) is 0.746. The molecule has 0 spiro atoms. The van der Waals surface area contributed by atoms with Crippen LogP contribution in [0.1, 0.15) is 303 Å². The molecular formula is C67H116O6. The van der Waals surface area contributed by atoms with E-state index in [0.29, 0.717) is 19.3 Å². The summed E-state index contributed by atoms with van der Waals surface area (Å²) in [7, 11) is 0. The summed E-state index contributed by atoms with van der Waals surface area (Å²) in [5.41, 5.74) is 0. The van der Waals surface area contributed by atoms with Crippen LogP contribution < -0.4 is 0 Å². The lowest BCUT2D eigenvalue weighted by Crippen LogP contribution is -2.30. The number of unbranched alkanes of at least 4 members (excludes halogenated alkanes) is 31. The minimum Gasteiger partial charge on any atom is -0.462 e. The average Bonchev–Trinajstić information content (AvgIpc) is 3.39. The van der Waals surface area contributed by atoms with Crippen LogP contribution in [0.5, 0.6) is 0 Å². The molecule has 0 aromatic rings. The first-order valence-corrected chi connectivity index (χ1v) is 31.1. The van der Waals surface area contributed by atoms with Crippen molar-refractivity contribution in [3.8, 4) is 0 Å². The summed E-state index contributed by atoms with van der Waals surface area (Å²) in [4.78, 5) is 38.3. The van der Waals surface area contributed by atoms with E-state index in [1.807, 2.05) is 0 Å². The molecule has 0 bridgehead atoms. The van der Waals surface area contributed by atoms with Gasteiger partial charge in [0.15, 0.2) is 6.10 Å². The van der Waals surface area contributed by atoms with Gasteiger partial charge in [0, 0.05) is 19.3 Å². The minimum atomic E-state index is -0.809. The molecule has 0 aromatic carbocycles. The maximum atomic E-state index is 12.9. The standard InChI is InChI=1S/C67H116O6/c1-4-7-10-13-16-19-22-25-28-31-32-33-34-37-39-42-45-48-51-54-57-60-66(69)72-63-64(73-67(70)61-58-55-52-49-46-43-40-36-30-27-24-21-18-15-12-9-6-3)62-71-65(68)59-56-53-50-47-44-41-38-35-29-26-23-20-17-14-11-8-5-2/h9,12,18,21,25-30,40,43,49,52,64H,4-8,10-11,13-17,19-20,22-24,31-39,41-42,44-48,50-51,53-63H2,1-3H3/b12-9-,21-18-,28-25-,29-26-,30-27-,43-40-,52-49-/t64-/m0/s1. The molecule has 0 unspecified atom stereocenters. The summed E-state index contributed by atoms with van der Waals surface area (Å²) < 4.78 is 16.9. The molecule has 0 aliphatic heterocycles. The highest BCUT2D eigenvalue weighted by molar-refractivity contribution is 5.71. The zero-order valence-electron chi connectivity index (χ0n) is 48.1. The van der Waals surface area contributed by atoms with E-state index in [0.717, 1.165) is 77.0 Å². The zero-order valence-corrected chi connectivity index (χ0v) is 48.1. The fourth-order valence-electron chi connectivity index (χ4n) is 8.70. The minimum absolute atomic E-state index is 0.0997. The van der Waals surface area contributed by atoms with Crippen LogP contribution in [0.2, 0.25) is 0 Å². The van der Waals surface area contributed by atoms with E-state index in [4.69, 9.17) is 14.2 Å². The number of carbonyl (C=O) groups is 3. The van der Waals surface area contributed by atoms with Gasteiger partial charge < -0.3 is 14.2 Å². The Morgan fingerprint density at radius 1 is 0.288 bits per heavy atom. The second-order valence-corrected chi connectivity index (χ2v) is 20.6. The van der Waals surface area contributed by atoms with Crippen molar-refractivity contribution in [3.05, 3.63) is 85.1 Å². The van der Waals surface area contributed by atoms with Crippen LogP contribution in [0.15, 0.2) is 85.1 Å². The number of esters is 3. The number of hydrogen-bond acceptors (Lipinski definition) is 6. The molecule has 0 saturated heterocycles. The second kappa shape index (κ2) is 61.1. The molecule has 420 valence electrons. The molecule has 0 aromatic heterocycles. The molecule has 0 radical (unpaired) electrons. The normalized spacial score (nSPS) is 12.6. The maximum Gasteiger partial charge on any atom is 0.306 e. The number of rotatable bonds is 56. The molecule has 0 N–H and O–H groups in total. The van der Waals surface area contributed by atoms with Crippen LogP contribution in [0.4, 0.5) is 0 Å². The molecule has 0 amide bonds. The summed E-state index contributed by atoms with van der Waals surface area (Å²) >= 11 is 0. The predicted octanol–water partition coefficient (Wildman–Crippen LogP) is 21.1. The van der Waals surface area contributed by atoms with E-state index in [-0.39, 0.29) is 37.5 Å². The molecule has 6 heteroatoms. The van der Waals surface area contributed by atoms with Crippen molar-refractivity contribution in [2.45, 2.75) is 309 Å². The third-order valence-corrected chi connectivity index (χ3v) is 13.4. The smallest absolute Gasteiger partial charge is 0.306 e. The molecule has 0 aliphatic rings. The highest BCUT2D eigenvalue weighted by Crippen LogP contribution is 2.16. The first kappa shape index (κ1) is 69.6. The van der Waals surface area contributed by atoms with Gasteiger partial charge in [-0.05, 0) is 109 Å². The zero-order chi connectivity index (χ0) is 52.9. The van der Waals surface area contributed by atoms with E-state index in [9.17, 15) is 14.4 Å². The van der Waals surface area contributed by atoms with Gasteiger partial charge in [-0.25, -0.2) is 0 Å². The molecule has 0 saturated carbocycles. The van der Waals surface area contributed by atoms with Gasteiger partial charge in [-0.2, -0.15) is 0 Å². The summed E-state index contributed by atoms with van der Waals surface area (Å²) in [5, 5.41) is 0. The Balaban J connectivity index is 4.43. The molecule has 0 rings (SSSR count). The Morgan fingerprint density at radius 2 is 0.548 bits per heavy atom. The quantitative estimate of drug-likeness (QED) is 0.0261. The Bertz CT molecular complexity index is 1400. The van der Waals surface area contributed by atoms with Crippen molar-refractivity contribution in [2.24, 2.45) is 0 Å². The van der Waals surface area contributed by atoms with Gasteiger partial charge in [-0.3, -0.25) is 14.4 Å². The molecule has 73 heavy (non-hydrogen) atoms. The molecular weight excluding hydrogens is 901 g/mol. The van der Waals surface area contributed by atoms with Gasteiger partial charge >= 0.3 is 17.9 Å². The number of hydrogen-bond donors (Lipinski definition) is 0. The fourth-order valence-corrected chi connectivity index (χ4v) is 8.70. The Labute approximate surface area is 452 Å². The van der Waals surface area contributed by atoms with Crippen molar-refractivity contribution in [2.75, 3.05) is 13.2 Å². The molecule has 0 fully saturated rings. The van der Waals surface area contributed by atoms with Gasteiger partial charge in [0.1, 0.15) is 13.2 Å². The second-order valence-electron chi connectivity index (χ2n) is 20.6. The highest BCUT2D eigenvalue weighted by Gasteiger charge is 2.19. The third-order valence-electron chi connectivity index (χ3n) is 13.4. The molecule has 1 atom stereocenters. The van der Waals surface area contributed by atoms with Gasteiger partial charge in [-0.1, -0.05) is 260 Å². The van der Waals surface area contributed by atoms with E-state index < -0.39 is 6.10 Å². The topological polar surface area (TPSA) is 78.9 Å². The van der Waals surface area contributed by atoms with Gasteiger partial charge in [0.05, 0.1) is 0 Å². The highest BCUT2D eigenvalue weighted by atomic mass is 16.6. The van der Waals surface area contributed by atoms with Crippen molar-refractivity contribution < 1.29 is 28.6 Å². The number of carbonyl (C=O) groups excluding carboxylic acids is 3. The van der Waals surface area contributed by atoms with Crippen LogP contribution in [0.3, 0.4) is 0 Å². The van der Waals surface area contributed by atoms with Crippen molar-refractivity contribution >= 4 is 17.9 Å². The van der Waals surface area contributed by atoms with Crippen molar-refractivity contribution in [1.29, 1.82) is 0 Å². The van der Waals surface area contributed by atoms with Crippen LogP contribution in [0.25, 0.3) is 0 Å². The lowest BCUT2D eigenvalue weighted by Gasteiger charge is -2.18. The summed E-state index contributed by atoms with van der Waals surface area (Å²) in [6.07, 6.45) is 80.2. The Kier molecular flexibility index (Phi) is 58.3. The SMILES string of the molecule is CC/C=C\C/C=C\C/C=C\C/C=C\C/C=C\CCCC(=O)O[C@@H](COC(=O)CCCCCCCCC/C=C\CCCCCCCC)COC(=O)CCCCCCCCCCCCC/C=C\CCCCCCCC. The lowest BCUT2D eigenvalue weighted by molar-refractivity contribution is -0.167. The van der Waals surface area contributed by atoms with Gasteiger partial charge in [-0.15, -0.1) is 0 Å². The van der Waals surface area contributed by atoms with Crippen LogP contribution >= 0.6 is 0 Å². The van der Waals surface area contributed by atoms with E-state index >= 15 is 0 Å². The first-order chi connectivity index (χ1) is 36.0. The van der Waals surface area contributed by atoms with Crippen LogP contribution in [-0.2, 0) is 28.6 Å². The van der Waals surface area contributed by atoms with E-state index in [1.54, 1.807) is 0 Å². The summed E-state index contributed by atoms with van der Waals surface area (Å²) in [6, 6.07) is 0. The van der Waals surface area contributed by atoms with Crippen LogP contribution in [-0.4, -0.2) is 37.2 Å². The maximum absolute atomic E-state index is 12.9. The summed E-state index contributed by atoms with van der Waals surface area (Å²) in [6.45, 7) is 6.50. The van der Waals surface area contributed by atoms with Gasteiger partial charge in [0.2, 0.25) is 0 Å². The molecule has 0 heterocycles. The largest absolute Gasteiger partial charge is 0.462 e. The Morgan fingerprint density at radius 3 is 0.890 bits per heavy atom. The Hall–Kier alpha value is -3.41. The third kappa shape index (κ3) is 59.3. The average molecular weight is 1020 g/mol. The number of ether oxygens (including phenoxy) is 3. The lowest BCUT2D eigenvalue weighted by atomic mass is 10.0. The summed E-state index contributed by atoms with van der Waals surface area (Å²) in [5.74, 6) is -0.954. The van der Waals surface area contributed by atoms with Crippen LogP contribution in [0, 0.1) is 0 Å². The molecule has 6 nitrogen and oxygen atoms in total. The van der Waals surface area contributed by atoms with E-state index in [2.05, 4.69) is 106 Å². The first-order valence-electron chi connectivity index (χ1n) is 31.1. The van der Waals surface area contributed by atoms with Gasteiger partial charge in [0.25, 0.3) is 0 Å². The predicted molar refractivity (Wildman–Crippen MR) is 316 cm³/mol. The number of allylic oxidation sites excluding steroid dienone is 14. The molecule has 0 aliphatic carbocycles. The monoisotopic (exact) mass is 1020 g/mol.